The number of ether oxygens (including phenoxy) is 1. The van der Waals surface area contributed by atoms with Gasteiger partial charge in [-0.15, -0.1) is 5.10 Å². The van der Waals surface area contributed by atoms with Gasteiger partial charge in [0.1, 0.15) is 0 Å². The van der Waals surface area contributed by atoms with Crippen LogP contribution >= 0.6 is 11.6 Å². The normalized spacial score (nSPS) is 25.1. The van der Waals surface area contributed by atoms with Crippen LogP contribution < -0.4 is 15.5 Å². The van der Waals surface area contributed by atoms with Gasteiger partial charge < -0.3 is 30.2 Å². The van der Waals surface area contributed by atoms with Crippen molar-refractivity contribution in [3.05, 3.63) is 106 Å². The molecule has 2 saturated heterocycles. The molecule has 1 aromatic heterocycles. The highest BCUT2D eigenvalue weighted by molar-refractivity contribution is 6.71. The van der Waals surface area contributed by atoms with E-state index in [2.05, 4.69) is 20.9 Å². The molecule has 4 aromatic rings. The zero-order valence-corrected chi connectivity index (χ0v) is 30.9. The van der Waals surface area contributed by atoms with Gasteiger partial charge in [-0.2, -0.15) is 0 Å². The Kier molecular flexibility index (Phi) is 9.91. The summed E-state index contributed by atoms with van der Waals surface area (Å²) in [5.41, 5.74) is 3.08. The number of benzene rings is 3. The van der Waals surface area contributed by atoms with Gasteiger partial charge >= 0.3 is 0 Å². The van der Waals surface area contributed by atoms with Crippen LogP contribution in [0, 0.1) is 5.92 Å². The molecule has 0 saturated carbocycles. The molecule has 7 rings (SSSR count). The lowest BCUT2D eigenvalue weighted by Gasteiger charge is -2.32. The second-order valence-electron chi connectivity index (χ2n) is 14.6. The van der Waals surface area contributed by atoms with E-state index in [0.717, 1.165) is 36.2 Å². The zero-order valence-electron chi connectivity index (χ0n) is 29.1. The van der Waals surface area contributed by atoms with Gasteiger partial charge in [0.25, 0.3) is 5.91 Å². The number of fused-ring (bicyclic) bond motifs is 2. The van der Waals surface area contributed by atoms with E-state index < -0.39 is 20.0 Å². The molecule has 0 bridgehead atoms. The highest BCUT2D eigenvalue weighted by Gasteiger charge is 2.66. The van der Waals surface area contributed by atoms with E-state index in [0.29, 0.717) is 41.5 Å². The second-order valence-corrected chi connectivity index (χ2v) is 19.0. The summed E-state index contributed by atoms with van der Waals surface area (Å²) in [6.45, 7) is 7.32. The van der Waals surface area contributed by atoms with Crippen LogP contribution in [0.25, 0.3) is 0 Å². The third kappa shape index (κ3) is 6.76. The first-order valence-corrected chi connectivity index (χ1v) is 21.1. The van der Waals surface area contributed by atoms with Crippen molar-refractivity contribution < 1.29 is 24.2 Å². The minimum absolute atomic E-state index is 0.0413. The highest BCUT2D eigenvalue weighted by Crippen LogP contribution is 2.60. The second kappa shape index (κ2) is 14.2. The average molecular weight is 729 g/mol. The maximum atomic E-state index is 14.8. The first kappa shape index (κ1) is 35.5. The SMILES string of the molecule is C[C@@H]1[C@@H]([Si](C)(C)O)[C@H](CCn2cc(C(CO)c3ccccc3)nn2)O[C@@]12C(=O)N(Cc1ccc(NC(=O)[C@H]3CCCN3)cc1)c1ccc(Cl)cc12. The largest absolute Gasteiger partial charge is 0.432 e. The van der Waals surface area contributed by atoms with E-state index in [1.54, 1.807) is 15.6 Å². The first-order valence-electron chi connectivity index (χ1n) is 17.7. The lowest BCUT2D eigenvalue weighted by atomic mass is 9.82. The smallest absolute Gasteiger partial charge is 0.264 e. The molecule has 4 N–H and O–H groups in total. The van der Waals surface area contributed by atoms with Crippen molar-refractivity contribution >= 4 is 43.1 Å². The summed E-state index contributed by atoms with van der Waals surface area (Å²) in [5, 5.41) is 25.6. The fourth-order valence-electron chi connectivity index (χ4n) is 8.39. The average Bonchev–Trinajstić information content (AvgIpc) is 3.91. The number of rotatable bonds is 11. The molecule has 51 heavy (non-hydrogen) atoms. The lowest BCUT2D eigenvalue weighted by Crippen LogP contribution is -2.46. The Bertz CT molecular complexity index is 1880. The number of aliphatic hydroxyl groups excluding tert-OH is 1. The Balaban J connectivity index is 1.12. The summed E-state index contributed by atoms with van der Waals surface area (Å²) in [4.78, 5) is 40.9. The Hall–Kier alpha value is -3.91. The van der Waals surface area contributed by atoms with E-state index in [-0.39, 0.29) is 41.8 Å². The van der Waals surface area contributed by atoms with Crippen LogP contribution in [0.3, 0.4) is 0 Å². The fourth-order valence-corrected chi connectivity index (χ4v) is 11.2. The molecule has 0 aliphatic carbocycles. The maximum absolute atomic E-state index is 14.8. The van der Waals surface area contributed by atoms with E-state index in [1.807, 2.05) is 92.9 Å². The molecule has 13 heteroatoms. The summed E-state index contributed by atoms with van der Waals surface area (Å²) >= 11 is 6.58. The van der Waals surface area contributed by atoms with E-state index in [9.17, 15) is 19.5 Å². The molecule has 1 unspecified atom stereocenters. The van der Waals surface area contributed by atoms with Gasteiger partial charge in [0.05, 0.1) is 42.6 Å². The number of nitrogens with zero attached hydrogens (tertiary/aromatic N) is 4. The molecule has 6 atom stereocenters. The summed E-state index contributed by atoms with van der Waals surface area (Å²) < 4.78 is 8.71. The van der Waals surface area contributed by atoms with Crippen molar-refractivity contribution in [1.29, 1.82) is 0 Å². The van der Waals surface area contributed by atoms with E-state index >= 15 is 0 Å². The van der Waals surface area contributed by atoms with Gasteiger partial charge in [-0.1, -0.05) is 66.2 Å². The summed E-state index contributed by atoms with van der Waals surface area (Å²) in [7, 11) is -2.88. The number of carbonyl (C=O) groups excluding carboxylic acids is 2. The van der Waals surface area contributed by atoms with E-state index in [1.165, 1.54) is 0 Å². The molecule has 0 radical (unpaired) electrons. The first-order chi connectivity index (χ1) is 24.5. The maximum Gasteiger partial charge on any atom is 0.264 e. The van der Waals surface area contributed by atoms with Crippen LogP contribution in [0.4, 0.5) is 11.4 Å². The minimum Gasteiger partial charge on any atom is -0.432 e. The minimum atomic E-state index is -2.88. The number of nitrogens with one attached hydrogen (secondary N) is 2. The Morgan fingerprint density at radius 3 is 2.61 bits per heavy atom. The van der Waals surface area contributed by atoms with Crippen molar-refractivity contribution in [2.75, 3.05) is 23.4 Å². The van der Waals surface area contributed by atoms with Gasteiger partial charge in [0, 0.05) is 40.5 Å². The van der Waals surface area contributed by atoms with Crippen molar-refractivity contribution in [1.82, 2.24) is 20.3 Å². The Morgan fingerprint density at radius 1 is 1.16 bits per heavy atom. The predicted molar refractivity (Wildman–Crippen MR) is 198 cm³/mol. The Labute approximate surface area is 304 Å². The zero-order chi connectivity index (χ0) is 35.9. The number of halogens is 1. The van der Waals surface area contributed by atoms with Crippen LogP contribution in [-0.4, -0.2) is 70.3 Å². The highest BCUT2D eigenvalue weighted by atomic mass is 35.5. The molecule has 2 amide bonds. The van der Waals surface area contributed by atoms with Crippen molar-refractivity contribution in [2.24, 2.45) is 5.92 Å². The molecule has 3 aliphatic heterocycles. The van der Waals surface area contributed by atoms with Gasteiger partial charge in [0.2, 0.25) is 5.91 Å². The molecule has 1 spiro atoms. The molecule has 2 fully saturated rings. The van der Waals surface area contributed by atoms with Crippen molar-refractivity contribution in [3.8, 4) is 0 Å². The monoisotopic (exact) mass is 728 g/mol. The third-order valence-electron chi connectivity index (χ3n) is 10.8. The number of aryl methyl sites for hydroxylation is 1. The van der Waals surface area contributed by atoms with Crippen molar-refractivity contribution in [3.63, 3.8) is 0 Å². The quantitative estimate of drug-likeness (QED) is 0.155. The summed E-state index contributed by atoms with van der Waals surface area (Å²) in [6, 6.07) is 22.6. The molecule has 11 nitrogen and oxygen atoms in total. The summed E-state index contributed by atoms with van der Waals surface area (Å²) in [6.07, 6.45) is 3.72. The number of hydrogen-bond acceptors (Lipinski definition) is 8. The predicted octanol–water partition coefficient (Wildman–Crippen LogP) is 5.18. The topological polar surface area (TPSA) is 142 Å². The number of aliphatic hydroxyl groups is 1. The van der Waals surface area contributed by atoms with Crippen molar-refractivity contribution in [2.45, 2.75) is 81.6 Å². The number of hydrogen-bond donors (Lipinski definition) is 4. The van der Waals surface area contributed by atoms with Gasteiger partial charge in [-0.25, -0.2) is 0 Å². The lowest BCUT2D eigenvalue weighted by molar-refractivity contribution is -0.146. The summed E-state index contributed by atoms with van der Waals surface area (Å²) in [5.74, 6) is -0.858. The van der Waals surface area contributed by atoms with Crippen LogP contribution in [0.2, 0.25) is 23.7 Å². The standard InChI is InChI=1S/C38H45ClN6O5Si/c1-24-35(51(2,3)49)34(17-19-44-22-32(42-43-44)29(23-46)26-8-5-4-6-9-26)50-38(24)30-20-27(39)13-16-33(30)45(37(38)48)21-25-11-14-28(15-12-25)41-36(47)31-10-7-18-40-31/h4-6,8-9,11-16,20,22,24,29,31,34-35,40,46,49H,7,10,17-19,21,23H2,1-3H3,(H,41,47)/t24-,29?,31-,34+,35-,38+/m1/s1. The molecular formula is C38H45ClN6O5Si. The number of anilines is 2. The van der Waals surface area contributed by atoms with E-state index in [4.69, 9.17) is 16.3 Å². The van der Waals surface area contributed by atoms with Crippen LogP contribution in [0.1, 0.15) is 54.5 Å². The molecule has 268 valence electrons. The Morgan fingerprint density at radius 2 is 1.92 bits per heavy atom. The van der Waals surface area contributed by atoms with Crippen LogP contribution in [0.15, 0.2) is 79.0 Å². The fraction of sp³-hybridized carbons (Fsp3) is 0.421. The van der Waals surface area contributed by atoms with Crippen LogP contribution in [-0.2, 0) is 33.0 Å². The van der Waals surface area contributed by atoms with Gasteiger partial charge in [-0.05, 0) is 80.4 Å². The number of carbonyl (C=O) groups is 2. The molecule has 3 aliphatic rings. The van der Waals surface area contributed by atoms with Gasteiger partial charge in [0.15, 0.2) is 13.9 Å². The molecule has 3 aromatic carbocycles. The van der Waals surface area contributed by atoms with Crippen LogP contribution in [0.5, 0.6) is 0 Å². The molecular weight excluding hydrogens is 684 g/mol. The third-order valence-corrected chi connectivity index (χ3v) is 13.6. The number of aromatic nitrogens is 3. The molecule has 4 heterocycles. The van der Waals surface area contributed by atoms with Gasteiger partial charge in [-0.3, -0.25) is 14.3 Å². The number of amides is 2.